The fourth-order valence-corrected chi connectivity index (χ4v) is 0.685. The van der Waals surface area contributed by atoms with Crippen LogP contribution >= 0.6 is 22.6 Å². The Kier molecular flexibility index (Phi) is 4.22. The SMILES string of the molecule is CCC(I)CC([O])=O. The van der Waals surface area contributed by atoms with Crippen LogP contribution in [0.25, 0.3) is 0 Å². The van der Waals surface area contributed by atoms with E-state index in [1.807, 2.05) is 6.92 Å². The summed E-state index contributed by atoms with van der Waals surface area (Å²) in [7, 11) is 0. The van der Waals surface area contributed by atoms with Crippen molar-refractivity contribution in [3.05, 3.63) is 0 Å². The largest absolute Gasteiger partial charge is 0.356 e. The zero-order valence-corrected chi connectivity index (χ0v) is 6.84. The van der Waals surface area contributed by atoms with Crippen molar-refractivity contribution in [3.8, 4) is 0 Å². The number of carbonyl (C=O) groups is 1. The van der Waals surface area contributed by atoms with Crippen LogP contribution in [0.4, 0.5) is 0 Å². The molecule has 0 aliphatic rings. The van der Waals surface area contributed by atoms with Gasteiger partial charge in [-0.1, -0.05) is 29.5 Å². The van der Waals surface area contributed by atoms with E-state index >= 15 is 0 Å². The number of halogens is 1. The van der Waals surface area contributed by atoms with Crippen molar-refractivity contribution in [1.82, 2.24) is 0 Å². The van der Waals surface area contributed by atoms with Crippen LogP contribution in [0.1, 0.15) is 19.8 Å². The molecule has 0 saturated carbocycles. The Morgan fingerprint density at radius 2 is 2.25 bits per heavy atom. The average Bonchev–Trinajstić information content (AvgIpc) is 1.65. The highest BCUT2D eigenvalue weighted by Crippen LogP contribution is 2.08. The molecule has 0 fully saturated rings. The molecule has 0 aliphatic heterocycles. The summed E-state index contributed by atoms with van der Waals surface area (Å²) < 4.78 is 0.234. The van der Waals surface area contributed by atoms with Gasteiger partial charge in [-0.3, -0.25) is 0 Å². The first-order valence-electron chi connectivity index (χ1n) is 2.50. The maximum Gasteiger partial charge on any atom is 0.356 e. The Morgan fingerprint density at radius 3 is 2.38 bits per heavy atom. The van der Waals surface area contributed by atoms with Gasteiger partial charge < -0.3 is 0 Å². The lowest BCUT2D eigenvalue weighted by atomic mass is 10.3. The number of hydrogen-bond donors (Lipinski definition) is 0. The van der Waals surface area contributed by atoms with E-state index in [1.54, 1.807) is 0 Å². The first-order chi connectivity index (χ1) is 3.66. The molecule has 0 aromatic heterocycles. The summed E-state index contributed by atoms with van der Waals surface area (Å²) in [6.45, 7) is 1.96. The van der Waals surface area contributed by atoms with Gasteiger partial charge in [0.2, 0.25) is 0 Å². The molecule has 0 bridgehead atoms. The molecule has 0 N–H and O–H groups in total. The molecule has 0 aromatic rings. The molecule has 1 radical (unpaired) electrons. The van der Waals surface area contributed by atoms with E-state index in [9.17, 15) is 9.90 Å². The molecule has 0 amide bonds. The molecule has 0 saturated heterocycles. The van der Waals surface area contributed by atoms with Gasteiger partial charge in [-0.15, -0.1) is 0 Å². The lowest BCUT2D eigenvalue weighted by Crippen LogP contribution is -2.02. The van der Waals surface area contributed by atoms with Gasteiger partial charge in [0.25, 0.3) is 0 Å². The molecule has 0 aromatic carbocycles. The number of carbonyl (C=O) groups excluding carboxylic acids is 1. The molecule has 47 valence electrons. The van der Waals surface area contributed by atoms with E-state index in [-0.39, 0.29) is 10.3 Å². The van der Waals surface area contributed by atoms with Gasteiger partial charge in [0.15, 0.2) is 0 Å². The highest BCUT2D eigenvalue weighted by molar-refractivity contribution is 14.1. The van der Waals surface area contributed by atoms with Gasteiger partial charge in [-0.2, -0.15) is 0 Å². The van der Waals surface area contributed by atoms with Crippen LogP contribution in [0, 0.1) is 0 Å². The topological polar surface area (TPSA) is 37.0 Å². The fourth-order valence-electron chi connectivity index (χ4n) is 0.325. The van der Waals surface area contributed by atoms with Crippen LogP contribution in [0.15, 0.2) is 0 Å². The van der Waals surface area contributed by atoms with E-state index in [0.717, 1.165) is 6.42 Å². The second-order valence-electron chi connectivity index (χ2n) is 1.58. The average molecular weight is 227 g/mol. The third-order valence-electron chi connectivity index (χ3n) is 0.831. The zero-order chi connectivity index (χ0) is 6.57. The third kappa shape index (κ3) is 4.36. The van der Waals surface area contributed by atoms with Crippen LogP contribution in [0.5, 0.6) is 0 Å². The van der Waals surface area contributed by atoms with Crippen molar-refractivity contribution in [2.75, 3.05) is 0 Å². The van der Waals surface area contributed by atoms with Crippen molar-refractivity contribution in [2.24, 2.45) is 0 Å². The van der Waals surface area contributed by atoms with E-state index in [4.69, 9.17) is 0 Å². The Labute approximate surface area is 62.4 Å². The molecule has 1 atom stereocenters. The maximum absolute atomic E-state index is 9.85. The minimum absolute atomic E-state index is 0.178. The molecule has 0 heterocycles. The van der Waals surface area contributed by atoms with Crippen LogP contribution in [-0.4, -0.2) is 9.89 Å². The van der Waals surface area contributed by atoms with Crippen LogP contribution in [-0.2, 0) is 9.90 Å². The predicted octanol–water partition coefficient (Wildman–Crippen LogP) is 1.55. The lowest BCUT2D eigenvalue weighted by Gasteiger charge is -1.97. The summed E-state index contributed by atoms with van der Waals surface area (Å²) >= 11 is 2.10. The zero-order valence-electron chi connectivity index (χ0n) is 4.69. The summed E-state index contributed by atoms with van der Waals surface area (Å²) in [5.74, 6) is -0.953. The second-order valence-corrected chi connectivity index (χ2v) is 3.34. The molecule has 1 unspecified atom stereocenters. The lowest BCUT2D eigenvalue weighted by molar-refractivity contribution is -0.142. The molecule has 0 rings (SSSR count). The minimum Gasteiger partial charge on any atom is -0.247 e. The van der Waals surface area contributed by atoms with Crippen molar-refractivity contribution < 1.29 is 9.90 Å². The summed E-state index contributed by atoms with van der Waals surface area (Å²) in [6, 6.07) is 0. The Morgan fingerprint density at radius 1 is 1.75 bits per heavy atom. The first-order valence-corrected chi connectivity index (χ1v) is 3.75. The van der Waals surface area contributed by atoms with Crippen molar-refractivity contribution in [2.45, 2.75) is 23.7 Å². The molecular weight excluding hydrogens is 219 g/mol. The van der Waals surface area contributed by atoms with Gasteiger partial charge >= 0.3 is 5.97 Å². The van der Waals surface area contributed by atoms with Crippen LogP contribution in [0.2, 0.25) is 0 Å². The molecule has 8 heavy (non-hydrogen) atoms. The van der Waals surface area contributed by atoms with E-state index in [2.05, 4.69) is 22.6 Å². The smallest absolute Gasteiger partial charge is 0.247 e. The van der Waals surface area contributed by atoms with Gasteiger partial charge in [0.05, 0.1) is 6.42 Å². The Hall–Kier alpha value is 0.200. The van der Waals surface area contributed by atoms with Crippen molar-refractivity contribution in [1.29, 1.82) is 0 Å². The predicted molar refractivity (Wildman–Crippen MR) is 38.4 cm³/mol. The molecule has 0 aliphatic carbocycles. The summed E-state index contributed by atoms with van der Waals surface area (Å²) in [5.41, 5.74) is 0. The van der Waals surface area contributed by atoms with E-state index in [1.165, 1.54) is 0 Å². The quantitative estimate of drug-likeness (QED) is 0.532. The fraction of sp³-hybridized carbons (Fsp3) is 0.800. The molecule has 2 nitrogen and oxygen atoms in total. The highest BCUT2D eigenvalue weighted by atomic mass is 127. The Bertz CT molecular complexity index is 82.5. The molecule has 3 heteroatoms. The number of hydrogen-bond acceptors (Lipinski definition) is 1. The second kappa shape index (κ2) is 4.12. The van der Waals surface area contributed by atoms with Gasteiger partial charge in [0.1, 0.15) is 0 Å². The number of rotatable bonds is 3. The normalized spacial score (nSPS) is 13.2. The molecule has 0 spiro atoms. The minimum atomic E-state index is -0.953. The summed E-state index contributed by atoms with van der Waals surface area (Å²) in [4.78, 5) is 9.85. The Balaban J connectivity index is 3.24. The van der Waals surface area contributed by atoms with Gasteiger partial charge in [-0.05, 0) is 6.42 Å². The highest BCUT2D eigenvalue weighted by Gasteiger charge is 2.06. The monoisotopic (exact) mass is 227 g/mol. The summed E-state index contributed by atoms with van der Waals surface area (Å²) in [6.07, 6.45) is 1.07. The third-order valence-corrected chi connectivity index (χ3v) is 2.15. The molecular formula is C5H8IO2. The van der Waals surface area contributed by atoms with Gasteiger partial charge in [-0.25, -0.2) is 9.90 Å². The first kappa shape index (κ1) is 8.20. The van der Waals surface area contributed by atoms with E-state index < -0.39 is 5.97 Å². The summed E-state index contributed by atoms with van der Waals surface area (Å²) in [5, 5.41) is 9.85. The van der Waals surface area contributed by atoms with Crippen LogP contribution < -0.4 is 0 Å². The standard InChI is InChI=1S/C5H8IO2/c1-2-4(6)3-5(7)8/h4H,2-3H2,1H3. The van der Waals surface area contributed by atoms with Crippen LogP contribution in [0.3, 0.4) is 0 Å². The van der Waals surface area contributed by atoms with Crippen molar-refractivity contribution >= 4 is 28.6 Å². The maximum atomic E-state index is 9.85. The number of alkyl halides is 1. The van der Waals surface area contributed by atoms with Crippen molar-refractivity contribution in [3.63, 3.8) is 0 Å². The van der Waals surface area contributed by atoms with E-state index in [0.29, 0.717) is 0 Å². The van der Waals surface area contributed by atoms with Gasteiger partial charge in [0, 0.05) is 3.92 Å².